The van der Waals surface area contributed by atoms with Crippen LogP contribution in [0.4, 0.5) is 11.4 Å². The van der Waals surface area contributed by atoms with Gasteiger partial charge in [-0.05, 0) is 53.1 Å². The van der Waals surface area contributed by atoms with Crippen molar-refractivity contribution in [2.75, 3.05) is 50.1 Å². The molecule has 0 bridgehead atoms. The van der Waals surface area contributed by atoms with E-state index in [0.717, 1.165) is 32.0 Å². The van der Waals surface area contributed by atoms with Crippen LogP contribution in [0.3, 0.4) is 0 Å². The van der Waals surface area contributed by atoms with E-state index in [1.165, 1.54) is 42.6 Å². The molecule has 1 aromatic heterocycles. The predicted molar refractivity (Wildman–Crippen MR) is 128 cm³/mol. The summed E-state index contributed by atoms with van der Waals surface area (Å²) in [6, 6.07) is 20.1. The van der Waals surface area contributed by atoms with E-state index in [-0.39, 0.29) is 6.04 Å². The maximum Gasteiger partial charge on any atom is 0.173 e. The summed E-state index contributed by atoms with van der Waals surface area (Å²) < 4.78 is 2.13. The van der Waals surface area contributed by atoms with Crippen molar-refractivity contribution in [2.24, 2.45) is 0 Å². The monoisotopic (exact) mass is 431 g/mol. The van der Waals surface area contributed by atoms with E-state index in [0.29, 0.717) is 6.04 Å². The Hall–Kier alpha value is -2.93. The molecule has 2 aromatic carbocycles. The van der Waals surface area contributed by atoms with Gasteiger partial charge in [-0.3, -0.25) is 4.90 Å². The van der Waals surface area contributed by atoms with Crippen molar-refractivity contribution in [1.29, 1.82) is 0 Å². The number of rotatable bonds is 6. The normalized spacial score (nSPS) is 18.8. The van der Waals surface area contributed by atoms with Gasteiger partial charge >= 0.3 is 0 Å². The number of nitrogens with zero attached hydrogens (tertiary/aromatic N) is 7. The molecule has 3 aromatic rings. The van der Waals surface area contributed by atoms with Gasteiger partial charge in [0.25, 0.3) is 0 Å². The molecular formula is C25H33N7. The van der Waals surface area contributed by atoms with E-state index in [2.05, 4.69) is 104 Å². The third-order valence-corrected chi connectivity index (χ3v) is 6.96. The molecule has 2 fully saturated rings. The minimum absolute atomic E-state index is 0.0692. The fourth-order valence-electron chi connectivity index (χ4n) is 5.14. The Bertz CT molecular complexity index is 985. The van der Waals surface area contributed by atoms with E-state index < -0.39 is 0 Å². The van der Waals surface area contributed by atoms with Crippen LogP contribution in [-0.4, -0.2) is 65.4 Å². The number of benzene rings is 2. The lowest BCUT2D eigenvalue weighted by molar-refractivity contribution is 0.198. The zero-order valence-corrected chi connectivity index (χ0v) is 19.1. The van der Waals surface area contributed by atoms with Gasteiger partial charge in [0, 0.05) is 51.6 Å². The summed E-state index contributed by atoms with van der Waals surface area (Å²) in [6.45, 7) is 3.96. The summed E-state index contributed by atoms with van der Waals surface area (Å²) in [5, 5.41) is 13.2. The maximum atomic E-state index is 4.58. The third-order valence-electron chi connectivity index (χ3n) is 6.96. The zero-order chi connectivity index (χ0) is 21.9. The highest BCUT2D eigenvalue weighted by molar-refractivity contribution is 5.48. The minimum atomic E-state index is 0.0692. The summed E-state index contributed by atoms with van der Waals surface area (Å²) in [7, 11) is 4.16. The lowest BCUT2D eigenvalue weighted by Gasteiger charge is -2.40. The van der Waals surface area contributed by atoms with Crippen LogP contribution in [0, 0.1) is 0 Å². The van der Waals surface area contributed by atoms with Gasteiger partial charge in [-0.2, -0.15) is 0 Å². The Kier molecular flexibility index (Phi) is 6.08. The van der Waals surface area contributed by atoms with Crippen molar-refractivity contribution >= 4 is 11.4 Å². The van der Waals surface area contributed by atoms with Crippen LogP contribution >= 0.6 is 0 Å². The van der Waals surface area contributed by atoms with Gasteiger partial charge in [0.05, 0.1) is 12.1 Å². The number of anilines is 2. The summed E-state index contributed by atoms with van der Waals surface area (Å²) >= 11 is 0. The molecule has 1 unspecified atom stereocenters. The van der Waals surface area contributed by atoms with Gasteiger partial charge in [0.1, 0.15) is 0 Å². The Morgan fingerprint density at radius 3 is 2.22 bits per heavy atom. The summed E-state index contributed by atoms with van der Waals surface area (Å²) in [6.07, 6.45) is 4.88. The van der Waals surface area contributed by atoms with Crippen molar-refractivity contribution in [1.82, 2.24) is 25.1 Å². The number of tetrazole rings is 1. The largest absolute Gasteiger partial charge is 0.378 e. The first-order valence-electron chi connectivity index (χ1n) is 11.8. The van der Waals surface area contributed by atoms with Gasteiger partial charge < -0.3 is 9.80 Å². The van der Waals surface area contributed by atoms with E-state index in [9.17, 15) is 0 Å². The number of aromatic nitrogens is 4. The van der Waals surface area contributed by atoms with Gasteiger partial charge in [-0.15, -0.1) is 5.10 Å². The van der Waals surface area contributed by atoms with Crippen LogP contribution in [0.2, 0.25) is 0 Å². The van der Waals surface area contributed by atoms with E-state index >= 15 is 0 Å². The summed E-state index contributed by atoms with van der Waals surface area (Å²) in [5.74, 6) is 0.989. The Morgan fingerprint density at radius 2 is 1.56 bits per heavy atom. The van der Waals surface area contributed by atoms with Gasteiger partial charge in [-0.1, -0.05) is 43.2 Å². The van der Waals surface area contributed by atoms with Crippen LogP contribution < -0.4 is 9.80 Å². The highest BCUT2D eigenvalue weighted by atomic mass is 15.6. The second-order valence-electron chi connectivity index (χ2n) is 9.17. The van der Waals surface area contributed by atoms with Crippen molar-refractivity contribution in [2.45, 2.75) is 37.8 Å². The number of para-hydroxylation sites is 1. The average Bonchev–Trinajstić information content (AvgIpc) is 3.53. The van der Waals surface area contributed by atoms with Gasteiger partial charge in [0.2, 0.25) is 0 Å². The lowest BCUT2D eigenvalue weighted by atomic mass is 10.0. The first kappa shape index (κ1) is 20.9. The predicted octanol–water partition coefficient (Wildman–Crippen LogP) is 3.77. The number of hydrogen-bond acceptors (Lipinski definition) is 6. The fraction of sp³-hybridized carbons (Fsp3) is 0.480. The molecule has 7 heteroatoms. The van der Waals surface area contributed by atoms with Gasteiger partial charge in [-0.25, -0.2) is 4.68 Å². The van der Waals surface area contributed by atoms with E-state index in [1.807, 2.05) is 0 Å². The summed E-state index contributed by atoms with van der Waals surface area (Å²) in [5.41, 5.74) is 3.77. The SMILES string of the molecule is CN(C)c1ccc(C(c2nnnn2C2CCCC2)N2CCN(c3ccccc3)CC2)cc1. The van der Waals surface area contributed by atoms with Crippen LogP contribution in [0.1, 0.15) is 49.2 Å². The molecule has 2 aliphatic rings. The lowest BCUT2D eigenvalue weighted by Crippen LogP contribution is -2.48. The second-order valence-corrected chi connectivity index (χ2v) is 9.17. The highest BCUT2D eigenvalue weighted by Gasteiger charge is 2.33. The summed E-state index contributed by atoms with van der Waals surface area (Å²) in [4.78, 5) is 7.17. The molecule has 1 saturated carbocycles. The Morgan fingerprint density at radius 1 is 0.875 bits per heavy atom. The molecule has 32 heavy (non-hydrogen) atoms. The first-order valence-corrected chi connectivity index (χ1v) is 11.8. The quantitative estimate of drug-likeness (QED) is 0.592. The molecular weight excluding hydrogens is 398 g/mol. The van der Waals surface area contributed by atoms with Crippen molar-refractivity contribution in [3.05, 3.63) is 66.0 Å². The molecule has 0 radical (unpaired) electrons. The topological polar surface area (TPSA) is 53.3 Å². The molecule has 5 rings (SSSR count). The smallest absolute Gasteiger partial charge is 0.173 e. The first-order chi connectivity index (χ1) is 15.7. The average molecular weight is 432 g/mol. The van der Waals surface area contributed by atoms with Crippen LogP contribution in [0.5, 0.6) is 0 Å². The molecule has 0 amide bonds. The molecule has 2 heterocycles. The molecule has 1 saturated heterocycles. The molecule has 168 valence electrons. The van der Waals surface area contributed by atoms with Gasteiger partial charge in [0.15, 0.2) is 5.82 Å². The molecule has 1 aliphatic heterocycles. The molecule has 1 aliphatic carbocycles. The van der Waals surface area contributed by atoms with Crippen molar-refractivity contribution in [3.8, 4) is 0 Å². The molecule has 0 N–H and O–H groups in total. The second kappa shape index (κ2) is 9.28. The highest BCUT2D eigenvalue weighted by Crippen LogP contribution is 2.35. The number of hydrogen-bond donors (Lipinski definition) is 0. The molecule has 0 spiro atoms. The molecule has 1 atom stereocenters. The maximum absolute atomic E-state index is 4.58. The molecule has 7 nitrogen and oxygen atoms in total. The van der Waals surface area contributed by atoms with Crippen molar-refractivity contribution < 1.29 is 0 Å². The standard InChI is InChI=1S/C25H33N7/c1-29(2)21-14-12-20(13-15-21)24(25-26-27-28-32(25)23-10-6-7-11-23)31-18-16-30(17-19-31)22-8-4-3-5-9-22/h3-5,8-9,12-15,23-24H,6-7,10-11,16-19H2,1-2H3. The third kappa shape index (κ3) is 4.21. The van der Waals surface area contributed by atoms with E-state index in [1.54, 1.807) is 0 Å². The zero-order valence-electron chi connectivity index (χ0n) is 19.1. The van der Waals surface area contributed by atoms with Crippen molar-refractivity contribution in [3.63, 3.8) is 0 Å². The Labute approximate surface area is 190 Å². The van der Waals surface area contributed by atoms with E-state index in [4.69, 9.17) is 0 Å². The van der Waals surface area contributed by atoms with Crippen LogP contribution in [0.15, 0.2) is 54.6 Å². The number of piperazine rings is 1. The fourth-order valence-corrected chi connectivity index (χ4v) is 5.14. The van der Waals surface area contributed by atoms with Crippen LogP contribution in [-0.2, 0) is 0 Å². The Balaban J connectivity index is 1.44. The minimum Gasteiger partial charge on any atom is -0.378 e. The van der Waals surface area contributed by atoms with Crippen LogP contribution in [0.25, 0.3) is 0 Å².